The molecule has 2 rings (SSSR count). The van der Waals surface area contributed by atoms with Crippen molar-refractivity contribution in [3.63, 3.8) is 0 Å². The third kappa shape index (κ3) is 6.35. The summed E-state index contributed by atoms with van der Waals surface area (Å²) in [5.41, 5.74) is 0.811. The van der Waals surface area contributed by atoms with Gasteiger partial charge in [0.2, 0.25) is 5.91 Å². The van der Waals surface area contributed by atoms with Gasteiger partial charge in [-0.3, -0.25) is 14.5 Å². The fourth-order valence-electron chi connectivity index (χ4n) is 3.73. The largest absolute Gasteiger partial charge is 0.481 e. The lowest BCUT2D eigenvalue weighted by Gasteiger charge is -2.39. The molecule has 30 heavy (non-hydrogen) atoms. The van der Waals surface area contributed by atoms with Crippen LogP contribution in [0.3, 0.4) is 0 Å². The number of piperidine rings is 1. The monoisotopic (exact) mass is 448 g/mol. The number of hydrogen-bond acceptors (Lipinski definition) is 3. The molecule has 1 fully saturated rings. The van der Waals surface area contributed by atoms with Gasteiger partial charge >= 0.3 is 12.1 Å². The van der Waals surface area contributed by atoms with Crippen molar-refractivity contribution in [2.45, 2.75) is 58.2 Å². The predicted octanol–water partition coefficient (Wildman–Crippen LogP) is 5.16. The van der Waals surface area contributed by atoms with Gasteiger partial charge in [-0.1, -0.05) is 38.4 Å². The summed E-state index contributed by atoms with van der Waals surface area (Å²) in [6.07, 6.45) is -3.17. The van der Waals surface area contributed by atoms with Crippen LogP contribution in [0.1, 0.15) is 51.5 Å². The maximum Gasteiger partial charge on any atom is 0.393 e. The smallest absolute Gasteiger partial charge is 0.393 e. The number of nitrogens with one attached hydrogen (secondary N) is 1. The van der Waals surface area contributed by atoms with E-state index in [1.807, 2.05) is 6.92 Å². The van der Waals surface area contributed by atoms with Crippen molar-refractivity contribution in [1.29, 1.82) is 0 Å². The molecule has 1 amide bonds. The number of likely N-dealkylation sites (tertiary alicyclic amines) is 1. The van der Waals surface area contributed by atoms with Gasteiger partial charge in [-0.25, -0.2) is 0 Å². The maximum absolute atomic E-state index is 13.5. The van der Waals surface area contributed by atoms with E-state index in [1.54, 1.807) is 17.9 Å². The van der Waals surface area contributed by atoms with Crippen LogP contribution in [-0.2, 0) is 9.59 Å². The lowest BCUT2D eigenvalue weighted by Crippen LogP contribution is -2.54. The van der Waals surface area contributed by atoms with E-state index in [2.05, 4.69) is 5.32 Å². The number of amides is 1. The number of halogens is 4. The first-order valence-corrected chi connectivity index (χ1v) is 10.4. The van der Waals surface area contributed by atoms with Crippen LogP contribution >= 0.6 is 11.6 Å². The first kappa shape index (κ1) is 24.5. The molecule has 1 aliphatic heterocycles. The minimum Gasteiger partial charge on any atom is -0.481 e. The summed E-state index contributed by atoms with van der Waals surface area (Å²) in [4.78, 5) is 25.5. The minimum absolute atomic E-state index is 0.116. The third-order valence-electron chi connectivity index (χ3n) is 5.77. The molecule has 0 bridgehead atoms. The number of benzene rings is 1. The van der Waals surface area contributed by atoms with Gasteiger partial charge in [0, 0.05) is 0 Å². The fourth-order valence-corrected chi connectivity index (χ4v) is 3.89. The number of carboxylic acids is 1. The highest BCUT2D eigenvalue weighted by Crippen LogP contribution is 2.34. The molecule has 9 heteroatoms. The van der Waals surface area contributed by atoms with Crippen molar-refractivity contribution in [2.24, 2.45) is 11.8 Å². The second kappa shape index (κ2) is 10.0. The third-order valence-corrected chi connectivity index (χ3v) is 6.10. The van der Waals surface area contributed by atoms with Gasteiger partial charge in [-0.15, -0.1) is 0 Å². The first-order valence-electron chi connectivity index (χ1n) is 10.0. The number of aliphatic carboxylic acids is 1. The van der Waals surface area contributed by atoms with Gasteiger partial charge in [0.25, 0.3) is 0 Å². The van der Waals surface area contributed by atoms with Crippen molar-refractivity contribution < 1.29 is 27.9 Å². The van der Waals surface area contributed by atoms with Gasteiger partial charge in [-0.05, 0) is 55.5 Å². The molecule has 1 aliphatic rings. The minimum atomic E-state index is -4.52. The molecular weight excluding hydrogens is 421 g/mol. The molecule has 0 radical (unpaired) electrons. The van der Waals surface area contributed by atoms with E-state index < -0.39 is 30.0 Å². The van der Waals surface area contributed by atoms with E-state index in [0.717, 1.165) is 19.8 Å². The highest BCUT2D eigenvalue weighted by molar-refractivity contribution is 6.33. The molecule has 5 nitrogen and oxygen atoms in total. The standard InChI is InChI=1S/C21H28ClF3N2O3/c1-12-6-8-27(9-7-12)19(14(3)21(23,24)25)20(30)26-17-11-15(4-5-16(17)22)13(2)10-18(28)29/h4-5,11-14,19H,6-10H2,1-3H3,(H,26,30)(H,28,29)/t13-,14-,19-/m1/s1. The number of carbonyl (C=O) groups excluding carboxylic acids is 1. The molecule has 1 aromatic carbocycles. The van der Waals surface area contributed by atoms with E-state index >= 15 is 0 Å². The van der Waals surface area contributed by atoms with Crippen molar-refractivity contribution >= 4 is 29.2 Å². The van der Waals surface area contributed by atoms with Gasteiger partial charge in [-0.2, -0.15) is 13.2 Å². The first-order chi connectivity index (χ1) is 13.9. The second-order valence-electron chi connectivity index (χ2n) is 8.22. The SMILES string of the molecule is CC1CCN([C@@H](C(=O)Nc2cc([C@H](C)CC(=O)O)ccc2Cl)[C@@H](C)C(F)(F)F)CC1. The molecule has 3 atom stereocenters. The van der Waals surface area contributed by atoms with Gasteiger partial charge in [0.15, 0.2) is 0 Å². The number of nitrogens with zero attached hydrogens (tertiary/aromatic N) is 1. The van der Waals surface area contributed by atoms with Gasteiger partial charge in [0.05, 0.1) is 23.0 Å². The average Bonchev–Trinajstić information content (AvgIpc) is 2.63. The summed E-state index contributed by atoms with van der Waals surface area (Å²) in [5, 5.41) is 11.7. The number of rotatable bonds is 7. The molecule has 0 saturated carbocycles. The zero-order chi connectivity index (χ0) is 22.6. The molecular formula is C21H28ClF3N2O3. The molecule has 0 aromatic heterocycles. The molecule has 1 heterocycles. The summed E-state index contributed by atoms with van der Waals surface area (Å²) in [7, 11) is 0. The van der Waals surface area contributed by atoms with E-state index in [4.69, 9.17) is 16.7 Å². The van der Waals surface area contributed by atoms with Crippen LogP contribution in [0.15, 0.2) is 18.2 Å². The van der Waals surface area contributed by atoms with Gasteiger partial charge < -0.3 is 10.4 Å². The highest BCUT2D eigenvalue weighted by atomic mass is 35.5. The lowest BCUT2D eigenvalue weighted by molar-refractivity contribution is -0.189. The summed E-state index contributed by atoms with van der Waals surface area (Å²) >= 11 is 6.16. The van der Waals surface area contributed by atoms with Crippen LogP contribution in [-0.4, -0.2) is 47.2 Å². The Morgan fingerprint density at radius 2 is 1.87 bits per heavy atom. The van der Waals surface area contributed by atoms with Crippen LogP contribution < -0.4 is 5.32 Å². The van der Waals surface area contributed by atoms with Crippen molar-refractivity contribution in [3.05, 3.63) is 28.8 Å². The quantitative estimate of drug-likeness (QED) is 0.604. The van der Waals surface area contributed by atoms with Crippen LogP contribution in [0.4, 0.5) is 18.9 Å². The van der Waals surface area contributed by atoms with E-state index in [9.17, 15) is 22.8 Å². The van der Waals surface area contributed by atoms with Crippen LogP contribution in [0.5, 0.6) is 0 Å². The zero-order valence-corrected chi connectivity index (χ0v) is 18.1. The number of carboxylic acid groups (broad SMARTS) is 1. The zero-order valence-electron chi connectivity index (χ0n) is 17.3. The molecule has 1 saturated heterocycles. The summed E-state index contributed by atoms with van der Waals surface area (Å²) in [5.74, 6) is -3.52. The highest BCUT2D eigenvalue weighted by Gasteiger charge is 2.47. The van der Waals surface area contributed by atoms with Crippen molar-refractivity contribution in [3.8, 4) is 0 Å². The summed E-state index contributed by atoms with van der Waals surface area (Å²) in [6.45, 7) is 5.62. The molecule has 0 unspecified atom stereocenters. The van der Waals surface area contributed by atoms with E-state index in [1.165, 1.54) is 12.1 Å². The van der Waals surface area contributed by atoms with Crippen molar-refractivity contribution in [1.82, 2.24) is 4.90 Å². The topological polar surface area (TPSA) is 69.6 Å². The van der Waals surface area contributed by atoms with Gasteiger partial charge in [0.1, 0.15) is 6.04 Å². The molecule has 2 N–H and O–H groups in total. The average molecular weight is 449 g/mol. The Morgan fingerprint density at radius 3 is 2.40 bits per heavy atom. The Bertz CT molecular complexity index is 764. The second-order valence-corrected chi connectivity index (χ2v) is 8.63. The predicted molar refractivity (Wildman–Crippen MR) is 110 cm³/mol. The summed E-state index contributed by atoms with van der Waals surface area (Å²) < 4.78 is 40.5. The Kier molecular flexibility index (Phi) is 8.16. The lowest BCUT2D eigenvalue weighted by atomic mass is 9.92. The Labute approximate surface area is 179 Å². The molecule has 1 aromatic rings. The maximum atomic E-state index is 13.5. The van der Waals surface area contributed by atoms with E-state index in [0.29, 0.717) is 24.6 Å². The normalized spacial score (nSPS) is 19.2. The fraction of sp³-hybridized carbons (Fsp3) is 0.619. The number of anilines is 1. The Morgan fingerprint density at radius 1 is 1.27 bits per heavy atom. The van der Waals surface area contributed by atoms with E-state index in [-0.39, 0.29) is 23.0 Å². The Balaban J connectivity index is 2.27. The number of alkyl halides is 3. The number of carbonyl (C=O) groups is 2. The van der Waals surface area contributed by atoms with Crippen molar-refractivity contribution in [2.75, 3.05) is 18.4 Å². The molecule has 168 valence electrons. The summed E-state index contributed by atoms with van der Waals surface area (Å²) in [6, 6.07) is 3.32. The molecule has 0 aliphatic carbocycles. The Hall–Kier alpha value is -1.80. The van der Waals surface area contributed by atoms with Crippen LogP contribution in [0.2, 0.25) is 5.02 Å². The van der Waals surface area contributed by atoms with Crippen LogP contribution in [0.25, 0.3) is 0 Å². The van der Waals surface area contributed by atoms with Crippen LogP contribution in [0, 0.1) is 11.8 Å². The number of hydrogen-bond donors (Lipinski definition) is 2. The molecule has 0 spiro atoms.